The molecule has 4 atom stereocenters. The van der Waals surface area contributed by atoms with Gasteiger partial charge in [-0.15, -0.1) is 0 Å². The standard InChI is InChI=1S/C15H21NO/c16-12-7-4-8-15(17,10-12)14-9-13(14)11-5-2-1-3-6-11/h1-3,5-6,12-14,17H,4,7-10,16H2. The Morgan fingerprint density at radius 2 is 2.00 bits per heavy atom. The van der Waals surface area contributed by atoms with Gasteiger partial charge in [-0.2, -0.15) is 0 Å². The van der Waals surface area contributed by atoms with Crippen molar-refractivity contribution in [3.05, 3.63) is 35.9 Å². The first-order chi connectivity index (χ1) is 8.19. The largest absolute Gasteiger partial charge is 0.390 e. The Morgan fingerprint density at radius 3 is 2.71 bits per heavy atom. The van der Waals surface area contributed by atoms with E-state index in [2.05, 4.69) is 24.3 Å². The van der Waals surface area contributed by atoms with E-state index < -0.39 is 5.60 Å². The number of benzene rings is 1. The van der Waals surface area contributed by atoms with Crippen LogP contribution in [0.4, 0.5) is 0 Å². The topological polar surface area (TPSA) is 46.2 Å². The average Bonchev–Trinajstić information content (AvgIpc) is 3.10. The number of nitrogens with two attached hydrogens (primary N) is 1. The molecule has 0 aromatic heterocycles. The van der Waals surface area contributed by atoms with Crippen molar-refractivity contribution < 1.29 is 5.11 Å². The van der Waals surface area contributed by atoms with Crippen LogP contribution in [-0.2, 0) is 0 Å². The molecule has 2 aliphatic carbocycles. The molecule has 0 bridgehead atoms. The number of rotatable bonds is 2. The molecule has 0 radical (unpaired) electrons. The van der Waals surface area contributed by atoms with Gasteiger partial charge in [0.15, 0.2) is 0 Å². The number of aliphatic hydroxyl groups is 1. The van der Waals surface area contributed by atoms with Crippen LogP contribution < -0.4 is 5.73 Å². The molecule has 0 amide bonds. The van der Waals surface area contributed by atoms with Crippen molar-refractivity contribution in [1.29, 1.82) is 0 Å². The van der Waals surface area contributed by atoms with E-state index in [9.17, 15) is 5.11 Å². The molecular weight excluding hydrogens is 210 g/mol. The minimum absolute atomic E-state index is 0.200. The third-order valence-corrected chi connectivity index (χ3v) is 4.51. The molecule has 3 N–H and O–H groups in total. The summed E-state index contributed by atoms with van der Waals surface area (Å²) in [6.45, 7) is 0. The molecular formula is C15H21NO. The molecule has 0 saturated heterocycles. The van der Waals surface area contributed by atoms with Gasteiger partial charge in [0.05, 0.1) is 5.60 Å². The summed E-state index contributed by atoms with van der Waals surface area (Å²) in [4.78, 5) is 0. The Balaban J connectivity index is 1.72. The maximum absolute atomic E-state index is 10.7. The Hall–Kier alpha value is -0.860. The highest BCUT2D eigenvalue weighted by Gasteiger charge is 2.53. The zero-order valence-electron chi connectivity index (χ0n) is 10.2. The quantitative estimate of drug-likeness (QED) is 0.821. The maximum atomic E-state index is 10.7. The lowest BCUT2D eigenvalue weighted by Crippen LogP contribution is -2.43. The van der Waals surface area contributed by atoms with Crippen LogP contribution in [0.15, 0.2) is 30.3 Å². The third kappa shape index (κ3) is 2.12. The summed E-state index contributed by atoms with van der Waals surface area (Å²) >= 11 is 0. The highest BCUT2D eigenvalue weighted by Crippen LogP contribution is 2.56. The fourth-order valence-electron chi connectivity index (χ4n) is 3.52. The molecule has 3 rings (SSSR count). The Kier molecular flexibility index (Phi) is 2.72. The van der Waals surface area contributed by atoms with Crippen LogP contribution in [0, 0.1) is 5.92 Å². The molecule has 2 fully saturated rings. The molecule has 2 nitrogen and oxygen atoms in total. The summed E-state index contributed by atoms with van der Waals surface area (Å²) in [5, 5.41) is 10.7. The van der Waals surface area contributed by atoms with Crippen molar-refractivity contribution in [2.24, 2.45) is 11.7 Å². The van der Waals surface area contributed by atoms with E-state index in [0.717, 1.165) is 32.1 Å². The van der Waals surface area contributed by atoms with Crippen LogP contribution in [0.5, 0.6) is 0 Å². The maximum Gasteiger partial charge on any atom is 0.0696 e. The summed E-state index contributed by atoms with van der Waals surface area (Å²) in [6, 6.07) is 10.8. The van der Waals surface area contributed by atoms with Crippen molar-refractivity contribution in [2.45, 2.75) is 49.7 Å². The van der Waals surface area contributed by atoms with Gasteiger partial charge in [0.2, 0.25) is 0 Å². The van der Waals surface area contributed by atoms with E-state index in [1.807, 2.05) is 6.07 Å². The summed E-state index contributed by atoms with van der Waals surface area (Å²) in [7, 11) is 0. The molecule has 2 aliphatic rings. The smallest absolute Gasteiger partial charge is 0.0696 e. The minimum atomic E-state index is -0.488. The van der Waals surface area contributed by atoms with Gasteiger partial charge in [-0.1, -0.05) is 30.3 Å². The lowest BCUT2D eigenvalue weighted by molar-refractivity contribution is -0.0243. The van der Waals surface area contributed by atoms with Crippen molar-refractivity contribution >= 4 is 0 Å². The second kappa shape index (κ2) is 4.11. The predicted molar refractivity (Wildman–Crippen MR) is 68.7 cm³/mol. The molecule has 1 aromatic carbocycles. The van der Waals surface area contributed by atoms with E-state index in [-0.39, 0.29) is 6.04 Å². The van der Waals surface area contributed by atoms with Crippen molar-refractivity contribution in [1.82, 2.24) is 0 Å². The van der Waals surface area contributed by atoms with Crippen molar-refractivity contribution in [2.75, 3.05) is 0 Å². The first-order valence-corrected chi connectivity index (χ1v) is 6.72. The summed E-state index contributed by atoms with van der Waals surface area (Å²) in [5.74, 6) is 1.00. The zero-order valence-corrected chi connectivity index (χ0v) is 10.2. The molecule has 0 aliphatic heterocycles. The van der Waals surface area contributed by atoms with Gasteiger partial charge in [-0.05, 0) is 49.5 Å². The van der Waals surface area contributed by atoms with Gasteiger partial charge in [-0.3, -0.25) is 0 Å². The lowest BCUT2D eigenvalue weighted by Gasteiger charge is -2.36. The first kappa shape index (κ1) is 11.2. The third-order valence-electron chi connectivity index (χ3n) is 4.51. The fourth-order valence-corrected chi connectivity index (χ4v) is 3.52. The summed E-state index contributed by atoms with van der Waals surface area (Å²) in [6.07, 6.45) is 5.02. The minimum Gasteiger partial charge on any atom is -0.390 e. The predicted octanol–water partition coefficient (Wildman–Crippen LogP) is 2.42. The Morgan fingerprint density at radius 1 is 1.24 bits per heavy atom. The average molecular weight is 231 g/mol. The highest BCUT2D eigenvalue weighted by atomic mass is 16.3. The molecule has 1 aromatic rings. The summed E-state index contributed by atoms with van der Waals surface area (Å²) in [5.41, 5.74) is 6.89. The van der Waals surface area contributed by atoms with E-state index >= 15 is 0 Å². The van der Waals surface area contributed by atoms with Crippen LogP contribution in [0.25, 0.3) is 0 Å². The second-order valence-electron chi connectivity index (χ2n) is 5.82. The lowest BCUT2D eigenvalue weighted by atomic mass is 9.78. The van der Waals surface area contributed by atoms with Gasteiger partial charge in [0.1, 0.15) is 0 Å². The van der Waals surface area contributed by atoms with Crippen molar-refractivity contribution in [3.63, 3.8) is 0 Å². The van der Waals surface area contributed by atoms with Crippen molar-refractivity contribution in [3.8, 4) is 0 Å². The van der Waals surface area contributed by atoms with E-state index in [1.165, 1.54) is 5.56 Å². The molecule has 4 unspecified atom stereocenters. The SMILES string of the molecule is NC1CCCC(O)(C2CC2c2ccccc2)C1. The van der Waals surface area contributed by atoms with E-state index in [1.54, 1.807) is 0 Å². The normalized spacial score (nSPS) is 41.2. The molecule has 17 heavy (non-hydrogen) atoms. The Labute approximate surface area is 103 Å². The van der Waals surface area contributed by atoms with Gasteiger partial charge in [0.25, 0.3) is 0 Å². The molecule has 2 saturated carbocycles. The van der Waals surface area contributed by atoms with E-state index in [4.69, 9.17) is 5.73 Å². The van der Waals surface area contributed by atoms with Gasteiger partial charge >= 0.3 is 0 Å². The van der Waals surface area contributed by atoms with Gasteiger partial charge in [-0.25, -0.2) is 0 Å². The zero-order chi connectivity index (χ0) is 11.9. The van der Waals surface area contributed by atoms with Crippen LogP contribution >= 0.6 is 0 Å². The number of hydrogen-bond acceptors (Lipinski definition) is 2. The molecule has 0 heterocycles. The van der Waals surface area contributed by atoms with Crippen LogP contribution in [0.2, 0.25) is 0 Å². The van der Waals surface area contributed by atoms with Crippen LogP contribution in [0.1, 0.15) is 43.6 Å². The molecule has 2 heteroatoms. The molecule has 0 spiro atoms. The van der Waals surface area contributed by atoms with Gasteiger partial charge in [0, 0.05) is 6.04 Å². The van der Waals surface area contributed by atoms with Crippen LogP contribution in [-0.4, -0.2) is 16.7 Å². The number of hydrogen-bond donors (Lipinski definition) is 2. The highest BCUT2D eigenvalue weighted by molar-refractivity contribution is 5.28. The fraction of sp³-hybridized carbons (Fsp3) is 0.600. The van der Waals surface area contributed by atoms with Crippen LogP contribution in [0.3, 0.4) is 0 Å². The van der Waals surface area contributed by atoms with Gasteiger partial charge < -0.3 is 10.8 Å². The first-order valence-electron chi connectivity index (χ1n) is 6.72. The van der Waals surface area contributed by atoms with E-state index in [0.29, 0.717) is 11.8 Å². The summed E-state index contributed by atoms with van der Waals surface area (Å²) < 4.78 is 0. The molecule has 92 valence electrons. The second-order valence-corrected chi connectivity index (χ2v) is 5.82. The monoisotopic (exact) mass is 231 g/mol. The Bertz CT molecular complexity index is 391.